The van der Waals surface area contributed by atoms with Crippen molar-refractivity contribution in [3.8, 4) is 0 Å². The molecule has 6 nitrogen and oxygen atoms in total. The van der Waals surface area contributed by atoms with Crippen LogP contribution in [-0.2, 0) is 17.6 Å². The lowest BCUT2D eigenvalue weighted by molar-refractivity contribution is -0.124. The number of nitrogens with zero attached hydrogens (tertiary/aromatic N) is 3. The third kappa shape index (κ3) is 3.32. The zero-order valence-corrected chi connectivity index (χ0v) is 12.5. The summed E-state index contributed by atoms with van der Waals surface area (Å²) in [5.41, 5.74) is 4.73. The molecule has 3 N–H and O–H groups in total. The Morgan fingerprint density at radius 2 is 2.11 bits per heavy atom. The van der Waals surface area contributed by atoms with Gasteiger partial charge in [-0.2, -0.15) is 5.10 Å². The number of rotatable bonds is 7. The van der Waals surface area contributed by atoms with Crippen LogP contribution in [0.15, 0.2) is 0 Å². The van der Waals surface area contributed by atoms with Crippen LogP contribution in [0.25, 0.3) is 0 Å². The number of aryl methyl sites for hydroxylation is 2. The summed E-state index contributed by atoms with van der Waals surface area (Å²) in [4.78, 5) is 16.0. The van der Waals surface area contributed by atoms with E-state index in [1.807, 2.05) is 25.5 Å². The predicted octanol–water partition coefficient (Wildman–Crippen LogP) is 0.817. The Bertz CT molecular complexity index is 442. The molecule has 0 saturated carbocycles. The molecule has 0 spiro atoms. The van der Waals surface area contributed by atoms with Crippen LogP contribution in [0.1, 0.15) is 51.8 Å². The Morgan fingerprint density at radius 1 is 1.47 bits per heavy atom. The van der Waals surface area contributed by atoms with Gasteiger partial charge < -0.3 is 11.1 Å². The molecule has 0 aliphatic heterocycles. The van der Waals surface area contributed by atoms with Crippen LogP contribution < -0.4 is 11.1 Å². The highest BCUT2D eigenvalue weighted by Crippen LogP contribution is 2.21. The monoisotopic (exact) mass is 267 g/mol. The highest BCUT2D eigenvalue weighted by atomic mass is 16.1. The largest absolute Gasteiger partial charge is 0.368 e. The number of primary amides is 1. The van der Waals surface area contributed by atoms with Crippen molar-refractivity contribution in [2.75, 3.05) is 7.05 Å². The number of carbonyl (C=O) groups excluding carboxylic acids is 1. The average molecular weight is 267 g/mol. The third-order valence-corrected chi connectivity index (χ3v) is 3.59. The van der Waals surface area contributed by atoms with E-state index < -0.39 is 5.54 Å². The van der Waals surface area contributed by atoms with Crippen molar-refractivity contribution in [3.05, 3.63) is 11.6 Å². The van der Waals surface area contributed by atoms with Crippen LogP contribution in [0.3, 0.4) is 0 Å². The van der Waals surface area contributed by atoms with E-state index in [-0.39, 0.29) is 11.9 Å². The molecule has 1 aromatic heterocycles. The number of hydrogen-bond donors (Lipinski definition) is 2. The molecule has 0 radical (unpaired) electrons. The van der Waals surface area contributed by atoms with E-state index in [1.54, 1.807) is 7.05 Å². The summed E-state index contributed by atoms with van der Waals surface area (Å²) >= 11 is 0. The van der Waals surface area contributed by atoms with Gasteiger partial charge in [0.15, 0.2) is 5.82 Å². The Labute approximate surface area is 114 Å². The predicted molar refractivity (Wildman–Crippen MR) is 74.8 cm³/mol. The van der Waals surface area contributed by atoms with Crippen molar-refractivity contribution in [1.82, 2.24) is 20.1 Å². The van der Waals surface area contributed by atoms with Crippen LogP contribution >= 0.6 is 0 Å². The molecule has 108 valence electrons. The maximum Gasteiger partial charge on any atom is 0.237 e. The summed E-state index contributed by atoms with van der Waals surface area (Å²) in [5, 5.41) is 7.50. The van der Waals surface area contributed by atoms with Crippen LogP contribution in [0.5, 0.6) is 0 Å². The standard InChI is InChI=1S/C13H25N5O/c1-6-10-16-11(7-2)18(17-10)9(3)8-13(4,15-5)12(14)19/h9,15H,6-8H2,1-5H3,(H2,14,19). The topological polar surface area (TPSA) is 85.8 Å². The van der Waals surface area contributed by atoms with Crippen LogP contribution in [0, 0.1) is 0 Å². The normalized spacial score (nSPS) is 16.1. The molecule has 1 aromatic rings. The fourth-order valence-electron chi connectivity index (χ4n) is 2.15. The first kappa shape index (κ1) is 15.6. The highest BCUT2D eigenvalue weighted by molar-refractivity contribution is 5.84. The molecule has 0 aliphatic rings. The highest BCUT2D eigenvalue weighted by Gasteiger charge is 2.32. The van der Waals surface area contributed by atoms with Gasteiger partial charge in [0, 0.05) is 12.8 Å². The van der Waals surface area contributed by atoms with Gasteiger partial charge in [-0.05, 0) is 27.3 Å². The van der Waals surface area contributed by atoms with Gasteiger partial charge in [0.2, 0.25) is 5.91 Å². The summed E-state index contributed by atoms with van der Waals surface area (Å²) in [7, 11) is 1.75. The van der Waals surface area contributed by atoms with Gasteiger partial charge in [-0.15, -0.1) is 0 Å². The van der Waals surface area contributed by atoms with E-state index >= 15 is 0 Å². The second kappa shape index (κ2) is 6.14. The van der Waals surface area contributed by atoms with Crippen molar-refractivity contribution >= 4 is 5.91 Å². The van der Waals surface area contributed by atoms with E-state index in [0.717, 1.165) is 24.5 Å². The smallest absolute Gasteiger partial charge is 0.237 e. The minimum Gasteiger partial charge on any atom is -0.368 e. The summed E-state index contributed by atoms with van der Waals surface area (Å²) in [6.45, 7) is 7.93. The first-order valence-electron chi connectivity index (χ1n) is 6.81. The maximum absolute atomic E-state index is 11.5. The fourth-order valence-corrected chi connectivity index (χ4v) is 2.15. The van der Waals surface area contributed by atoms with Gasteiger partial charge in [-0.25, -0.2) is 9.67 Å². The molecule has 6 heteroatoms. The molecular weight excluding hydrogens is 242 g/mol. The lowest BCUT2D eigenvalue weighted by Gasteiger charge is -2.29. The molecule has 0 fully saturated rings. The molecule has 0 saturated heterocycles. The van der Waals surface area contributed by atoms with E-state index in [1.165, 1.54) is 0 Å². The molecule has 1 rings (SSSR count). The number of nitrogens with two attached hydrogens (primary N) is 1. The molecular formula is C13H25N5O. The van der Waals surface area contributed by atoms with Crippen molar-refractivity contribution in [2.24, 2.45) is 5.73 Å². The van der Waals surface area contributed by atoms with E-state index in [2.05, 4.69) is 22.3 Å². The van der Waals surface area contributed by atoms with Gasteiger partial charge in [0.25, 0.3) is 0 Å². The number of carbonyl (C=O) groups is 1. The number of nitrogens with one attached hydrogen (secondary N) is 1. The zero-order valence-electron chi connectivity index (χ0n) is 12.5. The fraction of sp³-hybridized carbons (Fsp3) is 0.769. The Hall–Kier alpha value is -1.43. The van der Waals surface area contributed by atoms with E-state index in [9.17, 15) is 4.79 Å². The van der Waals surface area contributed by atoms with Gasteiger partial charge >= 0.3 is 0 Å². The van der Waals surface area contributed by atoms with Crippen molar-refractivity contribution < 1.29 is 4.79 Å². The Balaban J connectivity index is 2.97. The number of aromatic nitrogens is 3. The van der Waals surface area contributed by atoms with Gasteiger partial charge in [0.1, 0.15) is 5.82 Å². The summed E-state index contributed by atoms with van der Waals surface area (Å²) in [6, 6.07) is 0.0627. The lowest BCUT2D eigenvalue weighted by atomic mass is 9.93. The quantitative estimate of drug-likeness (QED) is 0.765. The SMILES string of the molecule is CCc1nc(CC)n(C(C)CC(C)(NC)C(N)=O)n1. The second-order valence-corrected chi connectivity index (χ2v) is 5.10. The lowest BCUT2D eigenvalue weighted by Crippen LogP contribution is -2.52. The second-order valence-electron chi connectivity index (χ2n) is 5.10. The third-order valence-electron chi connectivity index (χ3n) is 3.59. The van der Waals surface area contributed by atoms with E-state index in [4.69, 9.17) is 5.73 Å². The summed E-state index contributed by atoms with van der Waals surface area (Å²) in [6.07, 6.45) is 2.22. The Morgan fingerprint density at radius 3 is 2.53 bits per heavy atom. The van der Waals surface area contributed by atoms with Crippen LogP contribution in [0.4, 0.5) is 0 Å². The summed E-state index contributed by atoms with van der Waals surface area (Å²) in [5.74, 6) is 1.44. The van der Waals surface area contributed by atoms with Crippen molar-refractivity contribution in [2.45, 2.75) is 58.5 Å². The van der Waals surface area contributed by atoms with E-state index in [0.29, 0.717) is 6.42 Å². The number of hydrogen-bond acceptors (Lipinski definition) is 4. The molecule has 19 heavy (non-hydrogen) atoms. The molecule has 1 heterocycles. The minimum atomic E-state index is -0.733. The van der Waals surface area contributed by atoms with Gasteiger partial charge in [0.05, 0.1) is 11.6 Å². The first-order chi connectivity index (χ1) is 8.87. The van der Waals surface area contributed by atoms with Crippen LogP contribution in [0.2, 0.25) is 0 Å². The van der Waals surface area contributed by atoms with Crippen molar-refractivity contribution in [3.63, 3.8) is 0 Å². The minimum absolute atomic E-state index is 0.0627. The van der Waals surface area contributed by atoms with Crippen LogP contribution in [-0.4, -0.2) is 33.3 Å². The Kier molecular flexibility index (Phi) is 5.05. The average Bonchev–Trinajstić information content (AvgIpc) is 2.81. The maximum atomic E-state index is 11.5. The number of amides is 1. The molecule has 0 aliphatic carbocycles. The first-order valence-corrected chi connectivity index (χ1v) is 6.81. The van der Waals surface area contributed by atoms with Gasteiger partial charge in [-0.3, -0.25) is 4.79 Å². The van der Waals surface area contributed by atoms with Crippen molar-refractivity contribution in [1.29, 1.82) is 0 Å². The number of likely N-dealkylation sites (N-methyl/N-ethyl adjacent to an activating group) is 1. The molecule has 2 atom stereocenters. The molecule has 0 bridgehead atoms. The van der Waals surface area contributed by atoms with Gasteiger partial charge in [-0.1, -0.05) is 13.8 Å². The zero-order chi connectivity index (χ0) is 14.6. The summed E-state index contributed by atoms with van der Waals surface area (Å²) < 4.78 is 1.91. The molecule has 1 amide bonds. The molecule has 2 unspecified atom stereocenters. The molecule has 0 aromatic carbocycles.